The first-order valence-electron chi connectivity index (χ1n) is 5.54. The van der Waals surface area contributed by atoms with Crippen molar-refractivity contribution in [1.82, 2.24) is 4.72 Å². The number of hydrogen-bond donors (Lipinski definition) is 3. The Kier molecular flexibility index (Phi) is 5.85. The van der Waals surface area contributed by atoms with Gasteiger partial charge < -0.3 is 10.8 Å². The van der Waals surface area contributed by atoms with Crippen molar-refractivity contribution in [2.75, 3.05) is 24.3 Å². The lowest BCUT2D eigenvalue weighted by atomic mass is 10.1. The summed E-state index contributed by atoms with van der Waals surface area (Å²) in [5.74, 6) is -0.574. The predicted molar refractivity (Wildman–Crippen MR) is 82.7 cm³/mol. The lowest BCUT2D eigenvalue weighted by Crippen LogP contribution is -2.42. The molecular weight excluding hydrogens is 371 g/mol. The summed E-state index contributed by atoms with van der Waals surface area (Å²) < 4.78 is 40.1. The van der Waals surface area contributed by atoms with E-state index in [1.807, 2.05) is 0 Å². The number of halogens is 2. The van der Waals surface area contributed by atoms with Gasteiger partial charge in [0.05, 0.1) is 10.1 Å². The molecule has 1 unspecified atom stereocenters. The first-order chi connectivity index (χ1) is 9.09. The Balaban J connectivity index is 3.01. The number of hydrogen-bond acceptors (Lipinski definition) is 5. The van der Waals surface area contributed by atoms with E-state index in [-0.39, 0.29) is 16.7 Å². The van der Waals surface area contributed by atoms with Crippen LogP contribution in [0.15, 0.2) is 21.5 Å². The topological polar surface area (TPSA) is 92.4 Å². The van der Waals surface area contributed by atoms with Gasteiger partial charge in [0.15, 0.2) is 5.82 Å². The van der Waals surface area contributed by atoms with Crippen LogP contribution in [0, 0.1) is 5.82 Å². The second-order valence-corrected chi connectivity index (χ2v) is 8.03. The van der Waals surface area contributed by atoms with E-state index >= 15 is 0 Å². The molecule has 0 aliphatic heterocycles. The third kappa shape index (κ3) is 4.59. The Bertz CT molecular complexity index is 594. The van der Waals surface area contributed by atoms with E-state index in [2.05, 4.69) is 20.7 Å². The Labute approximate surface area is 130 Å². The Hall–Kier alpha value is -0.350. The van der Waals surface area contributed by atoms with Crippen molar-refractivity contribution in [3.05, 3.63) is 22.4 Å². The molecule has 0 aliphatic carbocycles. The quantitative estimate of drug-likeness (QED) is 0.645. The van der Waals surface area contributed by atoms with Crippen LogP contribution in [-0.2, 0) is 10.0 Å². The fourth-order valence-corrected chi connectivity index (χ4v) is 4.10. The highest BCUT2D eigenvalue weighted by Gasteiger charge is 2.26. The molecule has 5 nitrogen and oxygen atoms in total. The first kappa shape index (κ1) is 17.7. The fraction of sp³-hybridized carbons (Fsp3) is 0.455. The number of sulfonamides is 1. The summed E-state index contributed by atoms with van der Waals surface area (Å²) in [5, 5.41) is 9.93. The van der Waals surface area contributed by atoms with E-state index < -0.39 is 26.3 Å². The zero-order chi connectivity index (χ0) is 15.6. The van der Waals surface area contributed by atoms with Crippen molar-refractivity contribution >= 4 is 43.4 Å². The fourth-order valence-electron chi connectivity index (χ4n) is 1.47. The van der Waals surface area contributed by atoms with Gasteiger partial charge in [0.2, 0.25) is 10.0 Å². The molecule has 114 valence electrons. The number of anilines is 1. The zero-order valence-corrected chi connectivity index (χ0v) is 14.2. The van der Waals surface area contributed by atoms with E-state index in [4.69, 9.17) is 5.73 Å². The summed E-state index contributed by atoms with van der Waals surface area (Å²) in [4.78, 5) is -0.552. The monoisotopic (exact) mass is 386 g/mol. The molecule has 1 aromatic rings. The van der Waals surface area contributed by atoms with E-state index in [1.54, 1.807) is 6.26 Å². The minimum atomic E-state index is -4.09. The average Bonchev–Trinajstić information content (AvgIpc) is 2.31. The first-order valence-corrected chi connectivity index (χ1v) is 9.21. The van der Waals surface area contributed by atoms with Crippen molar-refractivity contribution in [2.45, 2.75) is 17.4 Å². The highest BCUT2D eigenvalue weighted by Crippen LogP contribution is 2.26. The molecular formula is C11H16BrFN2O3S2. The second kappa shape index (κ2) is 6.61. The summed E-state index contributed by atoms with van der Waals surface area (Å²) in [6.07, 6.45) is 1.79. The van der Waals surface area contributed by atoms with Crippen LogP contribution in [0.3, 0.4) is 0 Å². The summed E-state index contributed by atoms with van der Waals surface area (Å²) >= 11 is 4.28. The van der Waals surface area contributed by atoms with Gasteiger partial charge in [0.1, 0.15) is 4.90 Å². The maximum absolute atomic E-state index is 13.9. The van der Waals surface area contributed by atoms with Crippen LogP contribution in [0.5, 0.6) is 0 Å². The van der Waals surface area contributed by atoms with Gasteiger partial charge in [-0.3, -0.25) is 0 Å². The van der Waals surface area contributed by atoms with Crippen molar-refractivity contribution in [3.8, 4) is 0 Å². The largest absolute Gasteiger partial charge is 0.399 e. The molecule has 9 heteroatoms. The molecule has 0 radical (unpaired) electrons. The summed E-state index contributed by atoms with van der Waals surface area (Å²) in [7, 11) is -4.09. The van der Waals surface area contributed by atoms with Crippen LogP contribution in [0.25, 0.3) is 0 Å². The average molecular weight is 387 g/mol. The number of benzene rings is 1. The minimum Gasteiger partial charge on any atom is -0.399 e. The van der Waals surface area contributed by atoms with Crippen molar-refractivity contribution in [3.63, 3.8) is 0 Å². The number of nitrogens with two attached hydrogens (primary N) is 1. The van der Waals surface area contributed by atoms with Crippen LogP contribution in [0.2, 0.25) is 0 Å². The van der Waals surface area contributed by atoms with Crippen LogP contribution in [0.4, 0.5) is 10.1 Å². The summed E-state index contributed by atoms with van der Waals surface area (Å²) in [6, 6.07) is 2.31. The maximum Gasteiger partial charge on any atom is 0.243 e. The van der Waals surface area contributed by atoms with E-state index in [9.17, 15) is 17.9 Å². The molecule has 0 aromatic heterocycles. The molecule has 0 spiro atoms. The van der Waals surface area contributed by atoms with Crippen molar-refractivity contribution in [1.29, 1.82) is 0 Å². The number of aliphatic hydroxyl groups is 1. The SMILES string of the molecule is CSCC(C)(O)CNS(=O)(=O)c1cc(N)cc(Br)c1F. The highest BCUT2D eigenvalue weighted by atomic mass is 79.9. The van der Waals surface area contributed by atoms with E-state index in [1.165, 1.54) is 24.8 Å². The molecule has 0 saturated heterocycles. The van der Waals surface area contributed by atoms with E-state index in [0.717, 1.165) is 6.07 Å². The third-order valence-corrected chi connectivity index (χ3v) is 5.29. The van der Waals surface area contributed by atoms with Gasteiger partial charge in [-0.1, -0.05) is 0 Å². The number of rotatable bonds is 6. The Morgan fingerprint density at radius 1 is 1.55 bits per heavy atom. The lowest BCUT2D eigenvalue weighted by molar-refractivity contribution is 0.0908. The van der Waals surface area contributed by atoms with Crippen LogP contribution >= 0.6 is 27.7 Å². The van der Waals surface area contributed by atoms with Gasteiger partial charge in [0.25, 0.3) is 0 Å². The summed E-state index contributed by atoms with van der Waals surface area (Å²) in [6.45, 7) is 1.28. The summed E-state index contributed by atoms with van der Waals surface area (Å²) in [5.41, 5.74) is 4.41. The Morgan fingerprint density at radius 3 is 2.70 bits per heavy atom. The van der Waals surface area contributed by atoms with Gasteiger partial charge in [-0.25, -0.2) is 17.5 Å². The standard InChI is InChI=1S/C11H16BrFN2O3S2/c1-11(16,6-19-2)5-15-20(17,18)9-4-7(14)3-8(12)10(9)13/h3-4,15-16H,5-6,14H2,1-2H3. The van der Waals surface area contributed by atoms with Crippen LogP contribution in [0.1, 0.15) is 6.92 Å². The van der Waals surface area contributed by atoms with Crippen molar-refractivity contribution < 1.29 is 17.9 Å². The van der Waals surface area contributed by atoms with Crippen LogP contribution in [-0.4, -0.2) is 37.7 Å². The van der Waals surface area contributed by atoms with Gasteiger partial charge in [-0.15, -0.1) is 0 Å². The molecule has 0 amide bonds. The number of nitrogens with one attached hydrogen (secondary N) is 1. The zero-order valence-electron chi connectivity index (χ0n) is 11.0. The van der Waals surface area contributed by atoms with Gasteiger partial charge in [-0.05, 0) is 41.2 Å². The van der Waals surface area contributed by atoms with Gasteiger partial charge in [-0.2, -0.15) is 11.8 Å². The van der Waals surface area contributed by atoms with Gasteiger partial charge >= 0.3 is 0 Å². The molecule has 0 fully saturated rings. The molecule has 4 N–H and O–H groups in total. The molecule has 0 saturated carbocycles. The smallest absolute Gasteiger partial charge is 0.243 e. The lowest BCUT2D eigenvalue weighted by Gasteiger charge is -2.22. The Morgan fingerprint density at radius 2 is 2.15 bits per heavy atom. The normalized spacial score (nSPS) is 15.1. The third-order valence-electron chi connectivity index (χ3n) is 2.40. The minimum absolute atomic E-state index is 0.0336. The molecule has 0 aliphatic rings. The maximum atomic E-state index is 13.9. The molecule has 20 heavy (non-hydrogen) atoms. The molecule has 0 bridgehead atoms. The highest BCUT2D eigenvalue weighted by molar-refractivity contribution is 9.10. The number of thioether (sulfide) groups is 1. The molecule has 1 aromatic carbocycles. The number of nitrogen functional groups attached to an aromatic ring is 1. The predicted octanol–water partition coefficient (Wildman–Crippen LogP) is 1.56. The molecule has 0 heterocycles. The molecule has 1 atom stereocenters. The second-order valence-electron chi connectivity index (χ2n) is 4.57. The van der Waals surface area contributed by atoms with Crippen molar-refractivity contribution in [2.24, 2.45) is 0 Å². The van der Waals surface area contributed by atoms with Gasteiger partial charge in [0, 0.05) is 18.0 Å². The van der Waals surface area contributed by atoms with Crippen LogP contribution < -0.4 is 10.5 Å². The van der Waals surface area contributed by atoms with E-state index in [0.29, 0.717) is 5.75 Å². The molecule has 1 rings (SSSR count).